The molecule has 1 saturated heterocycles. The third kappa shape index (κ3) is 2.26. The second-order valence-electron chi connectivity index (χ2n) is 5.51. The number of benzene rings is 1. The lowest BCUT2D eigenvalue weighted by molar-refractivity contribution is -0.121. The summed E-state index contributed by atoms with van der Waals surface area (Å²) in [5, 5.41) is 9.17. The standard InChI is InChI=1S/C15H15NO5/c17-9-16-6-4-15(5-7-16)8-11(18)13-10(14(19)20)2-1-3-12(13)21-15/h1-3,9H,4-8H2,(H,19,20). The molecule has 2 heterocycles. The Hall–Kier alpha value is -2.37. The molecule has 1 N–H and O–H groups in total. The van der Waals surface area contributed by atoms with Crippen LogP contribution in [0, 0.1) is 0 Å². The fraction of sp³-hybridized carbons (Fsp3) is 0.400. The summed E-state index contributed by atoms with van der Waals surface area (Å²) < 4.78 is 5.99. The molecule has 1 fully saturated rings. The number of carbonyl (C=O) groups excluding carboxylic acids is 2. The fourth-order valence-corrected chi connectivity index (χ4v) is 3.05. The van der Waals surface area contributed by atoms with Gasteiger partial charge in [-0.05, 0) is 12.1 Å². The topological polar surface area (TPSA) is 83.9 Å². The summed E-state index contributed by atoms with van der Waals surface area (Å²) in [4.78, 5) is 36.0. The number of fused-ring (bicyclic) bond motifs is 1. The average Bonchev–Trinajstić information content (AvgIpc) is 2.47. The number of hydrogen-bond donors (Lipinski definition) is 1. The molecule has 0 aliphatic carbocycles. The number of ketones is 1. The number of amides is 1. The SMILES string of the molecule is O=CN1CCC2(CC1)CC(=O)c1c(cccc1C(=O)O)O2. The van der Waals surface area contributed by atoms with Crippen molar-refractivity contribution in [1.29, 1.82) is 0 Å². The minimum atomic E-state index is -1.13. The second kappa shape index (κ2) is 4.87. The third-order valence-electron chi connectivity index (χ3n) is 4.20. The third-order valence-corrected chi connectivity index (χ3v) is 4.20. The van der Waals surface area contributed by atoms with Gasteiger partial charge in [-0.1, -0.05) is 6.07 Å². The van der Waals surface area contributed by atoms with Gasteiger partial charge in [0.05, 0.1) is 17.5 Å². The Balaban J connectivity index is 1.94. The Morgan fingerprint density at radius 2 is 2.05 bits per heavy atom. The molecule has 6 nitrogen and oxygen atoms in total. The van der Waals surface area contributed by atoms with Crippen LogP contribution in [0.4, 0.5) is 0 Å². The number of aromatic carboxylic acids is 1. The van der Waals surface area contributed by atoms with Crippen molar-refractivity contribution in [2.24, 2.45) is 0 Å². The van der Waals surface area contributed by atoms with Crippen molar-refractivity contribution in [2.75, 3.05) is 13.1 Å². The first kappa shape index (κ1) is 13.6. The number of carbonyl (C=O) groups is 3. The predicted octanol–water partition coefficient (Wildman–Crippen LogP) is 1.34. The lowest BCUT2D eigenvalue weighted by Gasteiger charge is -2.43. The predicted molar refractivity (Wildman–Crippen MR) is 72.6 cm³/mol. The van der Waals surface area contributed by atoms with E-state index >= 15 is 0 Å². The number of carboxylic acids is 1. The summed E-state index contributed by atoms with van der Waals surface area (Å²) in [6.07, 6.45) is 2.12. The van der Waals surface area contributed by atoms with Gasteiger partial charge >= 0.3 is 5.97 Å². The van der Waals surface area contributed by atoms with Crippen LogP contribution in [0.1, 0.15) is 40.0 Å². The van der Waals surface area contributed by atoms with Gasteiger partial charge in [0.25, 0.3) is 0 Å². The van der Waals surface area contributed by atoms with E-state index in [9.17, 15) is 19.5 Å². The Morgan fingerprint density at radius 3 is 2.67 bits per heavy atom. The zero-order chi connectivity index (χ0) is 15.0. The molecule has 0 unspecified atom stereocenters. The molecule has 0 bridgehead atoms. The molecule has 0 saturated carbocycles. The molecule has 2 aliphatic heterocycles. The molecule has 1 spiro atoms. The van der Waals surface area contributed by atoms with E-state index in [0.29, 0.717) is 31.7 Å². The molecule has 0 aromatic heterocycles. The highest BCUT2D eigenvalue weighted by Crippen LogP contribution is 2.40. The Labute approximate surface area is 121 Å². The smallest absolute Gasteiger partial charge is 0.336 e. The Kier molecular flexibility index (Phi) is 3.16. The Morgan fingerprint density at radius 1 is 1.33 bits per heavy atom. The first-order chi connectivity index (χ1) is 10.0. The monoisotopic (exact) mass is 289 g/mol. The largest absolute Gasteiger partial charge is 0.486 e. The van der Waals surface area contributed by atoms with Crippen molar-refractivity contribution >= 4 is 18.2 Å². The molecule has 6 heteroatoms. The normalized spacial score (nSPS) is 19.8. The van der Waals surface area contributed by atoms with Crippen LogP contribution in [0.5, 0.6) is 5.75 Å². The van der Waals surface area contributed by atoms with E-state index < -0.39 is 11.6 Å². The van der Waals surface area contributed by atoms with Crippen molar-refractivity contribution in [1.82, 2.24) is 4.90 Å². The maximum absolute atomic E-state index is 12.4. The van der Waals surface area contributed by atoms with Gasteiger partial charge in [0.1, 0.15) is 11.4 Å². The van der Waals surface area contributed by atoms with Crippen LogP contribution in [0.25, 0.3) is 0 Å². The van der Waals surface area contributed by atoms with Gasteiger partial charge in [-0.15, -0.1) is 0 Å². The van der Waals surface area contributed by atoms with Crippen molar-refractivity contribution < 1.29 is 24.2 Å². The first-order valence-corrected chi connectivity index (χ1v) is 6.82. The molecule has 1 aromatic rings. The van der Waals surface area contributed by atoms with E-state index in [-0.39, 0.29) is 23.3 Å². The lowest BCUT2D eigenvalue weighted by Crippen LogP contribution is -2.50. The molecule has 3 rings (SSSR count). The fourth-order valence-electron chi connectivity index (χ4n) is 3.05. The van der Waals surface area contributed by atoms with Crippen molar-refractivity contribution in [3.8, 4) is 5.75 Å². The van der Waals surface area contributed by atoms with Crippen LogP contribution in [0.15, 0.2) is 18.2 Å². The van der Waals surface area contributed by atoms with Crippen LogP contribution in [0.3, 0.4) is 0 Å². The molecule has 110 valence electrons. The Bertz CT molecular complexity index is 616. The summed E-state index contributed by atoms with van der Waals surface area (Å²) in [6, 6.07) is 4.62. The van der Waals surface area contributed by atoms with E-state index in [2.05, 4.69) is 0 Å². The molecule has 0 radical (unpaired) electrons. The van der Waals surface area contributed by atoms with Gasteiger partial charge in [0, 0.05) is 25.9 Å². The number of Topliss-reactive ketones (excluding diaryl/α,β-unsaturated/α-hetero) is 1. The van der Waals surface area contributed by atoms with E-state index in [1.807, 2.05) is 0 Å². The minimum Gasteiger partial charge on any atom is -0.486 e. The maximum atomic E-state index is 12.4. The van der Waals surface area contributed by atoms with E-state index in [1.54, 1.807) is 17.0 Å². The number of ether oxygens (including phenoxy) is 1. The molecule has 1 amide bonds. The lowest BCUT2D eigenvalue weighted by atomic mass is 9.81. The zero-order valence-corrected chi connectivity index (χ0v) is 11.4. The number of piperidine rings is 1. The highest BCUT2D eigenvalue weighted by molar-refractivity contribution is 6.08. The van der Waals surface area contributed by atoms with Gasteiger partial charge in [0.2, 0.25) is 6.41 Å². The molecule has 2 aliphatic rings. The number of carboxylic acid groups (broad SMARTS) is 1. The molecule has 0 atom stereocenters. The van der Waals surface area contributed by atoms with Crippen LogP contribution in [-0.2, 0) is 4.79 Å². The molecule has 1 aromatic carbocycles. The molecular formula is C15H15NO5. The van der Waals surface area contributed by atoms with Crippen molar-refractivity contribution in [3.63, 3.8) is 0 Å². The molecular weight excluding hydrogens is 274 g/mol. The van der Waals surface area contributed by atoms with E-state index in [1.165, 1.54) is 6.07 Å². The summed E-state index contributed by atoms with van der Waals surface area (Å²) in [7, 11) is 0. The van der Waals surface area contributed by atoms with Crippen molar-refractivity contribution in [2.45, 2.75) is 24.9 Å². The molecule has 21 heavy (non-hydrogen) atoms. The minimum absolute atomic E-state index is 0.0160. The second-order valence-corrected chi connectivity index (χ2v) is 5.51. The highest BCUT2D eigenvalue weighted by atomic mass is 16.5. The maximum Gasteiger partial charge on any atom is 0.336 e. The van der Waals surface area contributed by atoms with E-state index in [0.717, 1.165) is 6.41 Å². The van der Waals surface area contributed by atoms with E-state index in [4.69, 9.17) is 4.74 Å². The number of likely N-dealkylation sites (tertiary alicyclic amines) is 1. The van der Waals surface area contributed by atoms with Crippen LogP contribution in [-0.4, -0.2) is 46.9 Å². The summed E-state index contributed by atoms with van der Waals surface area (Å²) in [5.41, 5.74) is -0.466. The van der Waals surface area contributed by atoms with Crippen molar-refractivity contribution in [3.05, 3.63) is 29.3 Å². The zero-order valence-electron chi connectivity index (χ0n) is 11.4. The van der Waals surface area contributed by atoms with Gasteiger partial charge in [-0.3, -0.25) is 9.59 Å². The number of rotatable bonds is 2. The number of hydrogen-bond acceptors (Lipinski definition) is 4. The highest BCUT2D eigenvalue weighted by Gasteiger charge is 2.43. The average molecular weight is 289 g/mol. The number of nitrogens with zero attached hydrogens (tertiary/aromatic N) is 1. The van der Waals surface area contributed by atoms with Crippen LogP contribution in [0.2, 0.25) is 0 Å². The summed E-state index contributed by atoms with van der Waals surface area (Å²) >= 11 is 0. The summed E-state index contributed by atoms with van der Waals surface area (Å²) in [6.45, 7) is 1.09. The van der Waals surface area contributed by atoms with Gasteiger partial charge in [-0.2, -0.15) is 0 Å². The summed E-state index contributed by atoms with van der Waals surface area (Å²) in [5.74, 6) is -0.991. The quantitative estimate of drug-likeness (QED) is 0.831. The van der Waals surface area contributed by atoms with Crippen LogP contribution < -0.4 is 4.74 Å². The van der Waals surface area contributed by atoms with Gasteiger partial charge in [-0.25, -0.2) is 4.79 Å². The first-order valence-electron chi connectivity index (χ1n) is 6.82. The van der Waals surface area contributed by atoms with Gasteiger partial charge < -0.3 is 14.7 Å². The van der Waals surface area contributed by atoms with Gasteiger partial charge in [0.15, 0.2) is 5.78 Å². The van der Waals surface area contributed by atoms with Crippen LogP contribution >= 0.6 is 0 Å².